The van der Waals surface area contributed by atoms with Crippen molar-refractivity contribution in [2.24, 2.45) is 0 Å². The first kappa shape index (κ1) is 13.7. The van der Waals surface area contributed by atoms with Crippen LogP contribution in [0.4, 0.5) is 0 Å². The molecule has 1 aromatic rings. The zero-order valence-electron chi connectivity index (χ0n) is 9.97. The molecular weight excluding hydrogens is 240 g/mol. The van der Waals surface area contributed by atoms with Crippen molar-refractivity contribution in [3.05, 3.63) is 29.8 Å². The Hall–Kier alpha value is -1.36. The molecule has 94 valence electrons. The van der Waals surface area contributed by atoms with Crippen LogP contribution in [0.3, 0.4) is 0 Å². The van der Waals surface area contributed by atoms with E-state index in [1.165, 1.54) is 0 Å². The maximum Gasteiger partial charge on any atom is 0.147 e. The highest BCUT2D eigenvalue weighted by atomic mass is 32.2. The number of sulfone groups is 1. The van der Waals surface area contributed by atoms with Crippen molar-refractivity contribution in [1.82, 2.24) is 0 Å². The fourth-order valence-electron chi connectivity index (χ4n) is 1.36. The molecule has 0 aliphatic carbocycles. The monoisotopic (exact) mass is 256 g/mol. The summed E-state index contributed by atoms with van der Waals surface area (Å²) in [5.74, 6) is 0.583. The van der Waals surface area contributed by atoms with Crippen molar-refractivity contribution < 1.29 is 17.9 Å². The van der Waals surface area contributed by atoms with Gasteiger partial charge in [0.2, 0.25) is 0 Å². The predicted octanol–water partition coefficient (Wildman–Crippen LogP) is 1.24. The second-order valence-electron chi connectivity index (χ2n) is 3.94. The second-order valence-corrected chi connectivity index (χ2v) is 6.20. The fourth-order valence-corrected chi connectivity index (χ4v) is 1.96. The van der Waals surface area contributed by atoms with Crippen LogP contribution < -0.4 is 4.74 Å². The number of hydrogen-bond donors (Lipinski definition) is 0. The van der Waals surface area contributed by atoms with E-state index in [9.17, 15) is 13.2 Å². The highest BCUT2D eigenvalue weighted by Crippen LogP contribution is 2.12. The zero-order chi connectivity index (χ0) is 12.9. The number of rotatable bonds is 6. The third kappa shape index (κ3) is 5.49. The molecule has 17 heavy (non-hydrogen) atoms. The van der Waals surface area contributed by atoms with Crippen molar-refractivity contribution in [3.8, 4) is 5.75 Å². The molecule has 0 bridgehead atoms. The number of carbonyl (C=O) groups is 1. The first-order chi connectivity index (χ1) is 7.90. The van der Waals surface area contributed by atoms with Crippen LogP contribution in [0.1, 0.15) is 12.0 Å². The molecular formula is C12H16O4S. The Kier molecular flexibility index (Phi) is 4.69. The van der Waals surface area contributed by atoms with Gasteiger partial charge >= 0.3 is 0 Å². The SMILES string of the molecule is COc1ccc(CC(=O)CCS(C)(=O)=O)cc1. The van der Waals surface area contributed by atoms with Crippen LogP contribution in [0.15, 0.2) is 24.3 Å². The van der Waals surface area contributed by atoms with Crippen molar-refractivity contribution in [2.45, 2.75) is 12.8 Å². The Morgan fingerprint density at radius 2 is 1.82 bits per heavy atom. The van der Waals surface area contributed by atoms with E-state index in [4.69, 9.17) is 4.74 Å². The Morgan fingerprint density at radius 3 is 2.29 bits per heavy atom. The van der Waals surface area contributed by atoms with E-state index in [2.05, 4.69) is 0 Å². The van der Waals surface area contributed by atoms with Crippen LogP contribution in [0.5, 0.6) is 5.75 Å². The van der Waals surface area contributed by atoms with Gasteiger partial charge in [0.15, 0.2) is 0 Å². The molecule has 0 amide bonds. The number of benzene rings is 1. The highest BCUT2D eigenvalue weighted by Gasteiger charge is 2.08. The number of ketones is 1. The molecule has 1 aromatic carbocycles. The second kappa shape index (κ2) is 5.82. The molecule has 0 aliphatic rings. The molecule has 0 aliphatic heterocycles. The summed E-state index contributed by atoms with van der Waals surface area (Å²) < 4.78 is 26.8. The molecule has 0 aromatic heterocycles. The number of hydrogen-bond acceptors (Lipinski definition) is 4. The van der Waals surface area contributed by atoms with Crippen LogP contribution in [-0.4, -0.2) is 33.3 Å². The first-order valence-electron chi connectivity index (χ1n) is 5.23. The van der Waals surface area contributed by atoms with Crippen molar-refractivity contribution in [2.75, 3.05) is 19.1 Å². The molecule has 0 fully saturated rings. The molecule has 0 spiro atoms. The summed E-state index contributed by atoms with van der Waals surface area (Å²) in [5.41, 5.74) is 0.865. The van der Waals surface area contributed by atoms with Crippen molar-refractivity contribution in [1.29, 1.82) is 0 Å². The van der Waals surface area contributed by atoms with Crippen LogP contribution >= 0.6 is 0 Å². The summed E-state index contributed by atoms with van der Waals surface area (Å²) >= 11 is 0. The van der Waals surface area contributed by atoms with E-state index in [0.717, 1.165) is 17.6 Å². The molecule has 0 atom stereocenters. The summed E-state index contributed by atoms with van der Waals surface area (Å²) in [6.07, 6.45) is 1.47. The van der Waals surface area contributed by atoms with Gasteiger partial charge in [-0.3, -0.25) is 4.79 Å². The molecule has 0 unspecified atom stereocenters. The normalized spacial score (nSPS) is 11.2. The lowest BCUT2D eigenvalue weighted by atomic mass is 10.1. The number of methoxy groups -OCH3 is 1. The third-order valence-corrected chi connectivity index (χ3v) is 3.26. The van der Waals surface area contributed by atoms with Gasteiger partial charge in [-0.05, 0) is 17.7 Å². The largest absolute Gasteiger partial charge is 0.497 e. The van der Waals surface area contributed by atoms with Gasteiger partial charge in [0.1, 0.15) is 21.4 Å². The van der Waals surface area contributed by atoms with Crippen LogP contribution in [0.25, 0.3) is 0 Å². The van der Waals surface area contributed by atoms with Crippen LogP contribution in [0, 0.1) is 0 Å². The van der Waals surface area contributed by atoms with E-state index in [-0.39, 0.29) is 24.4 Å². The fraction of sp³-hybridized carbons (Fsp3) is 0.417. The van der Waals surface area contributed by atoms with Gasteiger partial charge in [-0.2, -0.15) is 0 Å². The lowest BCUT2D eigenvalue weighted by Gasteiger charge is -2.03. The number of Topliss-reactive ketones (excluding diaryl/α,β-unsaturated/α-hetero) is 1. The summed E-state index contributed by atoms with van der Waals surface area (Å²) in [5, 5.41) is 0. The van der Waals surface area contributed by atoms with E-state index in [1.54, 1.807) is 31.4 Å². The third-order valence-electron chi connectivity index (χ3n) is 2.31. The average molecular weight is 256 g/mol. The molecule has 1 rings (SSSR count). The summed E-state index contributed by atoms with van der Waals surface area (Å²) in [6.45, 7) is 0. The maximum absolute atomic E-state index is 11.5. The van der Waals surface area contributed by atoms with Gasteiger partial charge in [0.05, 0.1) is 12.9 Å². The Balaban J connectivity index is 2.50. The Morgan fingerprint density at radius 1 is 1.24 bits per heavy atom. The van der Waals surface area contributed by atoms with E-state index >= 15 is 0 Å². The Bertz CT molecular complexity index is 474. The minimum Gasteiger partial charge on any atom is -0.497 e. The lowest BCUT2D eigenvalue weighted by molar-refractivity contribution is -0.118. The quantitative estimate of drug-likeness (QED) is 0.768. The molecule has 4 nitrogen and oxygen atoms in total. The van der Waals surface area contributed by atoms with Crippen LogP contribution in [0.2, 0.25) is 0 Å². The number of ether oxygens (including phenoxy) is 1. The highest BCUT2D eigenvalue weighted by molar-refractivity contribution is 7.90. The topological polar surface area (TPSA) is 60.4 Å². The molecule has 0 heterocycles. The van der Waals surface area contributed by atoms with E-state index in [0.29, 0.717) is 0 Å². The Labute approximate surface area is 102 Å². The zero-order valence-corrected chi connectivity index (χ0v) is 10.8. The lowest BCUT2D eigenvalue weighted by Crippen LogP contribution is -2.11. The van der Waals surface area contributed by atoms with E-state index < -0.39 is 9.84 Å². The minimum atomic E-state index is -3.06. The van der Waals surface area contributed by atoms with Gasteiger partial charge in [-0.1, -0.05) is 12.1 Å². The summed E-state index contributed by atoms with van der Waals surface area (Å²) in [6, 6.07) is 7.16. The van der Waals surface area contributed by atoms with E-state index in [1.807, 2.05) is 0 Å². The predicted molar refractivity (Wildman–Crippen MR) is 66.0 cm³/mol. The smallest absolute Gasteiger partial charge is 0.147 e. The number of carbonyl (C=O) groups excluding carboxylic acids is 1. The standard InChI is InChI=1S/C12H16O4S/c1-16-12-5-3-10(4-6-12)9-11(13)7-8-17(2,14)15/h3-6H,7-9H2,1-2H3. The molecule has 5 heteroatoms. The maximum atomic E-state index is 11.5. The van der Waals surface area contributed by atoms with Crippen molar-refractivity contribution >= 4 is 15.6 Å². The van der Waals surface area contributed by atoms with Gasteiger partial charge in [-0.25, -0.2) is 8.42 Å². The van der Waals surface area contributed by atoms with Crippen molar-refractivity contribution in [3.63, 3.8) is 0 Å². The molecule has 0 N–H and O–H groups in total. The summed E-state index contributed by atoms with van der Waals surface area (Å²) in [7, 11) is -1.49. The molecule has 0 saturated heterocycles. The average Bonchev–Trinajstić information content (AvgIpc) is 2.27. The van der Waals surface area contributed by atoms with Gasteiger partial charge in [-0.15, -0.1) is 0 Å². The molecule has 0 radical (unpaired) electrons. The van der Waals surface area contributed by atoms with Gasteiger partial charge in [0.25, 0.3) is 0 Å². The molecule has 0 saturated carbocycles. The minimum absolute atomic E-state index is 0.0689. The summed E-state index contributed by atoms with van der Waals surface area (Å²) in [4.78, 5) is 11.5. The van der Waals surface area contributed by atoms with Crippen LogP contribution in [-0.2, 0) is 21.1 Å². The van der Waals surface area contributed by atoms with Gasteiger partial charge < -0.3 is 4.74 Å². The first-order valence-corrected chi connectivity index (χ1v) is 7.29. The van der Waals surface area contributed by atoms with Gasteiger partial charge in [0, 0.05) is 19.1 Å².